The van der Waals surface area contributed by atoms with Gasteiger partial charge in [0.15, 0.2) is 0 Å². The van der Waals surface area contributed by atoms with Gasteiger partial charge in [0, 0.05) is 0 Å². The molecular formula is C14H9Na. The zero-order valence-electron chi connectivity index (χ0n) is 8.70. The summed E-state index contributed by atoms with van der Waals surface area (Å²) < 4.78 is 1.48. The van der Waals surface area contributed by atoms with Crippen molar-refractivity contribution in [3.8, 4) is 0 Å². The summed E-state index contributed by atoms with van der Waals surface area (Å²) in [4.78, 5) is 0. The van der Waals surface area contributed by atoms with E-state index in [1.807, 2.05) is 0 Å². The van der Waals surface area contributed by atoms with Crippen LogP contribution in [0.3, 0.4) is 0 Å². The molecule has 0 heterocycles. The molecule has 0 N–H and O–H groups in total. The second kappa shape index (κ2) is 3.64. The van der Waals surface area contributed by atoms with Crippen LogP contribution in [0.1, 0.15) is 0 Å². The quantitative estimate of drug-likeness (QED) is 0.386. The average Bonchev–Trinajstić information content (AvgIpc) is 2.27. The standard InChI is InChI=1S/C14H9.Na/c1-2-6-12-10-14-8-4-3-7-13(14)9-11(12)5-1;/h1-7,9-10H;. The molecule has 0 saturated heterocycles. The summed E-state index contributed by atoms with van der Waals surface area (Å²) in [6.07, 6.45) is 0. The molecule has 0 radical (unpaired) electrons. The first-order valence-corrected chi connectivity index (χ1v) is 6.23. The van der Waals surface area contributed by atoms with E-state index in [4.69, 9.17) is 0 Å². The van der Waals surface area contributed by atoms with Crippen LogP contribution in [-0.2, 0) is 0 Å². The molecule has 0 nitrogen and oxygen atoms in total. The van der Waals surface area contributed by atoms with E-state index in [0.29, 0.717) is 0 Å². The number of benzene rings is 3. The van der Waals surface area contributed by atoms with Crippen molar-refractivity contribution in [2.24, 2.45) is 0 Å². The van der Waals surface area contributed by atoms with Gasteiger partial charge in [-0.15, -0.1) is 0 Å². The monoisotopic (exact) mass is 200 g/mol. The van der Waals surface area contributed by atoms with Crippen LogP contribution in [0.25, 0.3) is 21.5 Å². The maximum atomic E-state index is 2.31. The Labute approximate surface area is 106 Å². The summed E-state index contributed by atoms with van der Waals surface area (Å²) >= 11 is 1.11. The molecule has 3 rings (SSSR count). The van der Waals surface area contributed by atoms with E-state index in [2.05, 4.69) is 54.6 Å². The topological polar surface area (TPSA) is 0 Å². The van der Waals surface area contributed by atoms with E-state index in [1.54, 1.807) is 0 Å². The Morgan fingerprint density at radius 3 is 2.13 bits per heavy atom. The van der Waals surface area contributed by atoms with Crippen LogP contribution < -0.4 is 2.81 Å². The molecule has 3 aromatic rings. The Morgan fingerprint density at radius 2 is 1.33 bits per heavy atom. The molecule has 0 aliphatic rings. The average molecular weight is 200 g/mol. The van der Waals surface area contributed by atoms with Gasteiger partial charge in [-0.1, -0.05) is 0 Å². The Kier molecular flexibility index (Phi) is 2.28. The minimum absolute atomic E-state index is 1.11. The molecule has 3 aromatic carbocycles. The van der Waals surface area contributed by atoms with Gasteiger partial charge in [0.2, 0.25) is 0 Å². The van der Waals surface area contributed by atoms with Crippen molar-refractivity contribution in [1.29, 1.82) is 0 Å². The van der Waals surface area contributed by atoms with Gasteiger partial charge >= 0.3 is 107 Å². The van der Waals surface area contributed by atoms with E-state index >= 15 is 0 Å². The predicted molar refractivity (Wildman–Crippen MR) is 66.8 cm³/mol. The Balaban J connectivity index is 2.53. The van der Waals surface area contributed by atoms with E-state index in [1.165, 1.54) is 24.4 Å². The van der Waals surface area contributed by atoms with Gasteiger partial charge in [-0.2, -0.15) is 0 Å². The van der Waals surface area contributed by atoms with Gasteiger partial charge < -0.3 is 0 Å². The van der Waals surface area contributed by atoms with Gasteiger partial charge in [-0.05, 0) is 0 Å². The van der Waals surface area contributed by atoms with Crippen molar-refractivity contribution >= 4 is 52.3 Å². The summed E-state index contributed by atoms with van der Waals surface area (Å²) in [6.45, 7) is 0. The van der Waals surface area contributed by atoms with Crippen LogP contribution in [0.5, 0.6) is 0 Å². The van der Waals surface area contributed by atoms with E-state index in [0.717, 1.165) is 27.9 Å². The third-order valence-corrected chi connectivity index (χ3v) is 3.84. The Bertz CT molecular complexity index is 641. The number of fused-ring (bicyclic) bond motifs is 2. The summed E-state index contributed by atoms with van der Waals surface area (Å²) in [6, 6.07) is 19.7. The predicted octanol–water partition coefficient (Wildman–Crippen LogP) is 2.79. The molecule has 0 saturated carbocycles. The van der Waals surface area contributed by atoms with Crippen molar-refractivity contribution < 1.29 is 0 Å². The molecule has 0 bridgehead atoms. The van der Waals surface area contributed by atoms with Crippen LogP contribution in [-0.4, -0.2) is 27.9 Å². The van der Waals surface area contributed by atoms with Crippen molar-refractivity contribution in [1.82, 2.24) is 0 Å². The molecule has 0 fully saturated rings. The zero-order chi connectivity index (χ0) is 10.3. The van der Waals surface area contributed by atoms with Crippen LogP contribution >= 0.6 is 0 Å². The van der Waals surface area contributed by atoms with Crippen LogP contribution in [0.2, 0.25) is 0 Å². The first-order chi connectivity index (χ1) is 7.34. The molecule has 0 aliphatic heterocycles. The molecule has 0 aromatic heterocycles. The van der Waals surface area contributed by atoms with Crippen molar-refractivity contribution in [3.05, 3.63) is 54.6 Å². The molecule has 0 unspecified atom stereocenters. The zero-order valence-corrected chi connectivity index (χ0v) is 10.7. The SMILES string of the molecule is [Na][c]1cccc2cc3ccccc3cc12. The fraction of sp³-hybridized carbons (Fsp3) is 0. The molecule has 0 atom stereocenters. The normalized spacial score (nSPS) is 11.1. The summed E-state index contributed by atoms with van der Waals surface area (Å²) in [7, 11) is 0. The Morgan fingerprint density at radius 1 is 0.667 bits per heavy atom. The van der Waals surface area contributed by atoms with Gasteiger partial charge in [0.25, 0.3) is 0 Å². The fourth-order valence-corrected chi connectivity index (χ4v) is 2.75. The second-order valence-corrected chi connectivity index (χ2v) is 5.07. The molecule has 0 spiro atoms. The third-order valence-electron chi connectivity index (χ3n) is 2.96. The fourth-order valence-electron chi connectivity index (χ4n) is 2.12. The number of hydrogen-bond donors (Lipinski definition) is 0. The summed E-state index contributed by atoms with van der Waals surface area (Å²) in [5.41, 5.74) is 0. The first-order valence-electron chi connectivity index (χ1n) is 5.23. The van der Waals surface area contributed by atoms with Crippen LogP contribution in [0, 0.1) is 0 Å². The molecule has 1 heteroatoms. The second-order valence-electron chi connectivity index (χ2n) is 4.00. The van der Waals surface area contributed by atoms with Crippen LogP contribution in [0.4, 0.5) is 0 Å². The van der Waals surface area contributed by atoms with Gasteiger partial charge in [-0.3, -0.25) is 0 Å². The number of hydrogen-bond acceptors (Lipinski definition) is 0. The number of rotatable bonds is 0. The van der Waals surface area contributed by atoms with Gasteiger partial charge in [0.05, 0.1) is 0 Å². The molecular weight excluding hydrogens is 191 g/mol. The summed E-state index contributed by atoms with van der Waals surface area (Å²) in [5.74, 6) is 0. The van der Waals surface area contributed by atoms with Gasteiger partial charge in [-0.25, -0.2) is 0 Å². The van der Waals surface area contributed by atoms with Crippen LogP contribution in [0.15, 0.2) is 54.6 Å². The maximum absolute atomic E-state index is 2.31. The van der Waals surface area contributed by atoms with Crippen molar-refractivity contribution in [2.75, 3.05) is 0 Å². The van der Waals surface area contributed by atoms with E-state index in [9.17, 15) is 0 Å². The van der Waals surface area contributed by atoms with Crippen molar-refractivity contribution in [3.63, 3.8) is 0 Å². The first kappa shape index (κ1) is 9.41. The molecule has 0 amide bonds. The van der Waals surface area contributed by atoms with E-state index < -0.39 is 0 Å². The van der Waals surface area contributed by atoms with Crippen molar-refractivity contribution in [2.45, 2.75) is 0 Å². The Hall–Kier alpha value is -0.820. The van der Waals surface area contributed by atoms with Gasteiger partial charge in [0.1, 0.15) is 0 Å². The molecule has 66 valence electrons. The third kappa shape index (κ3) is 1.59. The molecule has 15 heavy (non-hydrogen) atoms. The summed E-state index contributed by atoms with van der Waals surface area (Å²) in [5, 5.41) is 5.45. The molecule has 0 aliphatic carbocycles. The minimum atomic E-state index is 1.11. The van der Waals surface area contributed by atoms with E-state index in [-0.39, 0.29) is 0 Å².